The molecule has 1 saturated heterocycles. The van der Waals surface area contributed by atoms with Crippen molar-refractivity contribution < 1.29 is 18.3 Å². The molecular weight excluding hydrogens is 268 g/mol. The van der Waals surface area contributed by atoms with E-state index in [-0.39, 0.29) is 11.6 Å². The molecule has 1 aromatic rings. The van der Waals surface area contributed by atoms with Gasteiger partial charge in [0.05, 0.1) is 6.61 Å². The molecule has 0 aromatic heterocycles. The second-order valence-corrected chi connectivity index (χ2v) is 4.97. The van der Waals surface area contributed by atoms with Gasteiger partial charge < -0.3 is 20.9 Å². The summed E-state index contributed by atoms with van der Waals surface area (Å²) in [5.74, 6) is -0.467. The topological polar surface area (TPSA) is 82.9 Å². The highest BCUT2D eigenvalue weighted by Crippen LogP contribution is 2.45. The molecule has 0 radical (unpaired) electrons. The fourth-order valence-electron chi connectivity index (χ4n) is 2.93. The van der Waals surface area contributed by atoms with Crippen LogP contribution in [0.25, 0.3) is 0 Å². The molecule has 0 saturated carbocycles. The number of nitrogens with two attached hydrogens (primary N) is 2. The first-order chi connectivity index (χ1) is 9.56. The summed E-state index contributed by atoms with van der Waals surface area (Å²) in [5.41, 5.74) is 10.9. The maximum absolute atomic E-state index is 14.2. The summed E-state index contributed by atoms with van der Waals surface area (Å²) in [5, 5.41) is 0. The predicted octanol–water partition coefficient (Wildman–Crippen LogP) is 1.08. The molecule has 3 atom stereocenters. The van der Waals surface area contributed by atoms with E-state index in [0.717, 1.165) is 0 Å². The SMILES string of the molecule is NC1=N[C@]2(c3cc(N)ccc3F)CCO[C@@H]2[C@H](CF)O1. The number of amidine groups is 1. The zero-order chi connectivity index (χ0) is 14.3. The first-order valence-corrected chi connectivity index (χ1v) is 6.32. The largest absolute Gasteiger partial charge is 0.456 e. The quantitative estimate of drug-likeness (QED) is 0.795. The van der Waals surface area contributed by atoms with Crippen LogP contribution >= 0.6 is 0 Å². The number of fused-ring (bicyclic) bond motifs is 1. The lowest BCUT2D eigenvalue weighted by atomic mass is 9.80. The fraction of sp³-hybridized carbons (Fsp3) is 0.462. The molecule has 2 aliphatic heterocycles. The van der Waals surface area contributed by atoms with E-state index in [1.807, 2.05) is 0 Å². The lowest BCUT2D eigenvalue weighted by Gasteiger charge is -2.38. The average molecular weight is 283 g/mol. The number of nitrogen functional groups attached to an aromatic ring is 1. The highest BCUT2D eigenvalue weighted by Gasteiger charge is 2.54. The molecule has 2 heterocycles. The van der Waals surface area contributed by atoms with Gasteiger partial charge in [-0.05, 0) is 18.2 Å². The van der Waals surface area contributed by atoms with Crippen LogP contribution in [0.3, 0.4) is 0 Å². The van der Waals surface area contributed by atoms with Crippen LogP contribution in [-0.2, 0) is 15.0 Å². The van der Waals surface area contributed by atoms with Gasteiger partial charge in [-0.1, -0.05) is 0 Å². The zero-order valence-electron chi connectivity index (χ0n) is 10.7. The fourth-order valence-corrected chi connectivity index (χ4v) is 2.93. The summed E-state index contributed by atoms with van der Waals surface area (Å²) in [4.78, 5) is 4.23. The molecule has 0 bridgehead atoms. The normalized spacial score (nSPS) is 32.4. The molecule has 0 aliphatic carbocycles. The Morgan fingerprint density at radius 2 is 2.20 bits per heavy atom. The van der Waals surface area contributed by atoms with Crippen molar-refractivity contribution in [3.05, 3.63) is 29.6 Å². The lowest BCUT2D eigenvalue weighted by molar-refractivity contribution is -0.0442. The summed E-state index contributed by atoms with van der Waals surface area (Å²) >= 11 is 0. The van der Waals surface area contributed by atoms with E-state index >= 15 is 0 Å². The van der Waals surface area contributed by atoms with Gasteiger partial charge in [-0.25, -0.2) is 13.8 Å². The Hall–Kier alpha value is -1.89. The van der Waals surface area contributed by atoms with Crippen molar-refractivity contribution in [3.8, 4) is 0 Å². The average Bonchev–Trinajstić information content (AvgIpc) is 2.85. The Morgan fingerprint density at radius 1 is 1.40 bits per heavy atom. The van der Waals surface area contributed by atoms with E-state index in [9.17, 15) is 8.78 Å². The number of rotatable bonds is 2. The minimum Gasteiger partial charge on any atom is -0.456 e. The van der Waals surface area contributed by atoms with Gasteiger partial charge in [0.1, 0.15) is 24.1 Å². The number of nitrogens with zero attached hydrogens (tertiary/aromatic N) is 1. The smallest absolute Gasteiger partial charge is 0.283 e. The van der Waals surface area contributed by atoms with E-state index in [0.29, 0.717) is 18.7 Å². The molecule has 1 fully saturated rings. The number of anilines is 1. The van der Waals surface area contributed by atoms with Gasteiger partial charge in [-0.2, -0.15) is 0 Å². The summed E-state index contributed by atoms with van der Waals surface area (Å²) < 4.78 is 38.0. The minimum atomic E-state index is -1.07. The molecule has 1 aromatic carbocycles. The molecule has 2 aliphatic rings. The minimum absolute atomic E-state index is 0.156. The first-order valence-electron chi connectivity index (χ1n) is 6.32. The van der Waals surface area contributed by atoms with Gasteiger partial charge in [-0.15, -0.1) is 0 Å². The molecule has 5 nitrogen and oxygen atoms in total. The van der Waals surface area contributed by atoms with Gasteiger partial charge >= 0.3 is 0 Å². The van der Waals surface area contributed by atoms with Gasteiger partial charge in [0.25, 0.3) is 6.02 Å². The Kier molecular flexibility index (Phi) is 3.01. The third kappa shape index (κ3) is 1.81. The molecule has 4 N–H and O–H groups in total. The van der Waals surface area contributed by atoms with Crippen LogP contribution < -0.4 is 11.5 Å². The number of halogens is 2. The number of ether oxygens (including phenoxy) is 2. The van der Waals surface area contributed by atoms with Crippen LogP contribution in [0, 0.1) is 5.82 Å². The van der Waals surface area contributed by atoms with Crippen molar-refractivity contribution >= 4 is 11.7 Å². The van der Waals surface area contributed by atoms with E-state index in [1.54, 1.807) is 0 Å². The number of benzene rings is 1. The van der Waals surface area contributed by atoms with Gasteiger partial charge in [0.2, 0.25) is 0 Å². The van der Waals surface area contributed by atoms with Crippen molar-refractivity contribution in [1.29, 1.82) is 0 Å². The lowest BCUT2D eigenvalue weighted by Crippen LogP contribution is -2.51. The Balaban J connectivity index is 2.17. The summed E-state index contributed by atoms with van der Waals surface area (Å²) in [6.45, 7) is -0.456. The maximum Gasteiger partial charge on any atom is 0.283 e. The van der Waals surface area contributed by atoms with Crippen LogP contribution in [0.2, 0.25) is 0 Å². The first kappa shape index (κ1) is 13.1. The van der Waals surface area contributed by atoms with Crippen LogP contribution in [0.5, 0.6) is 0 Å². The van der Waals surface area contributed by atoms with Gasteiger partial charge in [0.15, 0.2) is 6.10 Å². The van der Waals surface area contributed by atoms with Crippen molar-refractivity contribution in [2.45, 2.75) is 24.2 Å². The molecule has 7 heteroatoms. The number of hydrogen-bond donors (Lipinski definition) is 2. The third-order valence-electron chi connectivity index (χ3n) is 3.78. The summed E-state index contributed by atoms with van der Waals surface area (Å²) in [6.07, 6.45) is -1.20. The Labute approximate surface area is 114 Å². The maximum atomic E-state index is 14.2. The van der Waals surface area contributed by atoms with Gasteiger partial charge in [-0.3, -0.25) is 0 Å². The van der Waals surface area contributed by atoms with Gasteiger partial charge in [0, 0.05) is 17.7 Å². The monoisotopic (exact) mass is 283 g/mol. The molecule has 3 rings (SSSR count). The number of alkyl halides is 1. The molecule has 0 unspecified atom stereocenters. The van der Waals surface area contributed by atoms with Crippen LogP contribution in [0.4, 0.5) is 14.5 Å². The van der Waals surface area contributed by atoms with Crippen LogP contribution in [-0.4, -0.2) is 31.5 Å². The van der Waals surface area contributed by atoms with E-state index < -0.39 is 30.2 Å². The highest BCUT2D eigenvalue weighted by atomic mass is 19.1. The third-order valence-corrected chi connectivity index (χ3v) is 3.78. The van der Waals surface area contributed by atoms with E-state index in [2.05, 4.69) is 4.99 Å². The van der Waals surface area contributed by atoms with E-state index in [4.69, 9.17) is 20.9 Å². The molecule has 0 spiro atoms. The predicted molar refractivity (Wildman–Crippen MR) is 69.3 cm³/mol. The van der Waals surface area contributed by atoms with Crippen molar-refractivity contribution in [2.24, 2.45) is 10.7 Å². The van der Waals surface area contributed by atoms with Crippen LogP contribution in [0.15, 0.2) is 23.2 Å². The van der Waals surface area contributed by atoms with Crippen molar-refractivity contribution in [3.63, 3.8) is 0 Å². The standard InChI is InChI=1S/C13H15F2N3O2/c14-6-10-11-13(3-4-19-11,18-12(17)20-10)8-5-7(16)1-2-9(8)15/h1-2,5,10-11H,3-4,6,16H2,(H2,17,18)/t10-,11+,13-/m0/s1. The Bertz CT molecular complexity index is 567. The summed E-state index contributed by atoms with van der Waals surface area (Å²) in [6, 6.07) is 4.06. The molecule has 0 amide bonds. The number of hydrogen-bond acceptors (Lipinski definition) is 5. The molecule has 108 valence electrons. The molecular formula is C13H15F2N3O2. The second-order valence-electron chi connectivity index (χ2n) is 4.97. The van der Waals surface area contributed by atoms with Crippen molar-refractivity contribution in [1.82, 2.24) is 0 Å². The Morgan fingerprint density at radius 3 is 2.95 bits per heavy atom. The van der Waals surface area contributed by atoms with E-state index in [1.165, 1.54) is 18.2 Å². The van der Waals surface area contributed by atoms with Crippen molar-refractivity contribution in [2.75, 3.05) is 19.0 Å². The number of aliphatic imine (C=N–C) groups is 1. The highest BCUT2D eigenvalue weighted by molar-refractivity contribution is 5.73. The summed E-state index contributed by atoms with van der Waals surface area (Å²) in [7, 11) is 0. The van der Waals surface area contributed by atoms with Crippen LogP contribution in [0.1, 0.15) is 12.0 Å². The zero-order valence-corrected chi connectivity index (χ0v) is 10.7. The second kappa shape index (κ2) is 4.59. The molecule has 20 heavy (non-hydrogen) atoms.